The molecule has 1 aromatic carbocycles. The second kappa shape index (κ2) is 4.19. The lowest BCUT2D eigenvalue weighted by molar-refractivity contribution is -0.385. The van der Waals surface area contributed by atoms with Crippen LogP contribution in [0.15, 0.2) is 18.2 Å². The molecule has 0 radical (unpaired) electrons. The van der Waals surface area contributed by atoms with Crippen LogP contribution in [0.25, 0.3) is 0 Å². The molecule has 0 saturated carbocycles. The number of nitro benzene ring substituents is 1. The zero-order valence-corrected chi connectivity index (χ0v) is 8.36. The highest BCUT2D eigenvalue weighted by molar-refractivity contribution is 5.45. The smallest absolute Gasteiger partial charge is 0.272 e. The van der Waals surface area contributed by atoms with E-state index in [0.29, 0.717) is 6.42 Å². The Hall–Kier alpha value is -1.42. The average molecular weight is 194 g/mol. The molecule has 0 unspecified atom stereocenters. The fourth-order valence-corrected chi connectivity index (χ4v) is 1.45. The highest BCUT2D eigenvalue weighted by atomic mass is 16.6. The molecule has 0 aliphatic rings. The maximum absolute atomic E-state index is 10.7. The van der Waals surface area contributed by atoms with Crippen molar-refractivity contribution in [2.24, 2.45) is 5.73 Å². The third kappa shape index (κ3) is 2.29. The largest absolute Gasteiger partial charge is 0.328 e. The van der Waals surface area contributed by atoms with E-state index < -0.39 is 0 Å². The molecule has 1 atom stereocenters. The topological polar surface area (TPSA) is 69.2 Å². The van der Waals surface area contributed by atoms with Gasteiger partial charge in [-0.15, -0.1) is 0 Å². The monoisotopic (exact) mass is 194 g/mol. The molecular weight excluding hydrogens is 180 g/mol. The highest BCUT2D eigenvalue weighted by Crippen LogP contribution is 2.22. The van der Waals surface area contributed by atoms with Gasteiger partial charge >= 0.3 is 0 Å². The van der Waals surface area contributed by atoms with Crippen LogP contribution in [0.3, 0.4) is 0 Å². The zero-order valence-electron chi connectivity index (χ0n) is 8.36. The molecule has 1 rings (SSSR count). The van der Waals surface area contributed by atoms with Crippen molar-refractivity contribution in [3.63, 3.8) is 0 Å². The van der Waals surface area contributed by atoms with Crippen molar-refractivity contribution in [2.75, 3.05) is 0 Å². The van der Waals surface area contributed by atoms with Crippen molar-refractivity contribution < 1.29 is 4.92 Å². The second-order valence-corrected chi connectivity index (χ2v) is 3.51. The van der Waals surface area contributed by atoms with E-state index in [4.69, 9.17) is 5.73 Å². The first kappa shape index (κ1) is 10.7. The van der Waals surface area contributed by atoms with E-state index in [0.717, 1.165) is 11.1 Å². The Bertz CT molecular complexity index is 348. The third-order valence-electron chi connectivity index (χ3n) is 2.11. The van der Waals surface area contributed by atoms with Crippen LogP contribution in [-0.4, -0.2) is 11.0 Å². The van der Waals surface area contributed by atoms with Gasteiger partial charge in [0.25, 0.3) is 5.69 Å². The van der Waals surface area contributed by atoms with E-state index in [2.05, 4.69) is 0 Å². The van der Waals surface area contributed by atoms with Gasteiger partial charge in [-0.2, -0.15) is 0 Å². The van der Waals surface area contributed by atoms with Gasteiger partial charge in [0.1, 0.15) is 0 Å². The summed E-state index contributed by atoms with van der Waals surface area (Å²) < 4.78 is 0. The summed E-state index contributed by atoms with van der Waals surface area (Å²) in [5.74, 6) is 0. The van der Waals surface area contributed by atoms with Crippen LogP contribution in [-0.2, 0) is 6.42 Å². The van der Waals surface area contributed by atoms with Crippen LogP contribution in [0, 0.1) is 17.0 Å². The molecule has 1 aromatic rings. The first-order valence-corrected chi connectivity index (χ1v) is 4.51. The minimum atomic E-state index is -0.356. The third-order valence-corrected chi connectivity index (χ3v) is 2.11. The number of hydrogen-bond acceptors (Lipinski definition) is 3. The van der Waals surface area contributed by atoms with Gasteiger partial charge in [0.05, 0.1) is 4.92 Å². The lowest BCUT2D eigenvalue weighted by Gasteiger charge is -2.08. The van der Waals surface area contributed by atoms with Gasteiger partial charge in [-0.25, -0.2) is 0 Å². The maximum atomic E-state index is 10.7. The molecule has 14 heavy (non-hydrogen) atoms. The summed E-state index contributed by atoms with van der Waals surface area (Å²) in [7, 11) is 0. The van der Waals surface area contributed by atoms with Crippen LogP contribution in [0.1, 0.15) is 18.1 Å². The first-order chi connectivity index (χ1) is 6.52. The molecule has 4 nitrogen and oxygen atoms in total. The summed E-state index contributed by atoms with van der Waals surface area (Å²) >= 11 is 0. The van der Waals surface area contributed by atoms with E-state index >= 15 is 0 Å². The average Bonchev–Trinajstić information content (AvgIpc) is 2.07. The van der Waals surface area contributed by atoms with E-state index in [1.807, 2.05) is 19.9 Å². The Morgan fingerprint density at radius 3 is 2.71 bits per heavy atom. The predicted octanol–water partition coefficient (Wildman–Crippen LogP) is 1.79. The van der Waals surface area contributed by atoms with E-state index in [9.17, 15) is 10.1 Å². The van der Waals surface area contributed by atoms with Gasteiger partial charge in [-0.3, -0.25) is 10.1 Å². The van der Waals surface area contributed by atoms with Crippen LogP contribution in [0.4, 0.5) is 5.69 Å². The Morgan fingerprint density at radius 1 is 1.57 bits per heavy atom. The number of benzene rings is 1. The fourth-order valence-electron chi connectivity index (χ4n) is 1.45. The van der Waals surface area contributed by atoms with Crippen molar-refractivity contribution in [1.29, 1.82) is 0 Å². The Morgan fingerprint density at radius 2 is 2.21 bits per heavy atom. The fraction of sp³-hybridized carbons (Fsp3) is 0.400. The maximum Gasteiger partial charge on any atom is 0.272 e. The number of nitrogens with two attached hydrogens (primary N) is 1. The van der Waals surface area contributed by atoms with Gasteiger partial charge in [0.15, 0.2) is 0 Å². The van der Waals surface area contributed by atoms with Crippen molar-refractivity contribution in [2.45, 2.75) is 26.3 Å². The van der Waals surface area contributed by atoms with Gasteiger partial charge in [-0.1, -0.05) is 12.1 Å². The number of rotatable bonds is 3. The predicted molar refractivity (Wildman–Crippen MR) is 55.2 cm³/mol. The number of aryl methyl sites for hydroxylation is 1. The number of nitrogens with zero attached hydrogens (tertiary/aromatic N) is 1. The summed E-state index contributed by atoms with van der Waals surface area (Å²) in [5, 5.41) is 10.7. The van der Waals surface area contributed by atoms with Gasteiger partial charge in [-0.05, 0) is 25.8 Å². The second-order valence-electron chi connectivity index (χ2n) is 3.51. The van der Waals surface area contributed by atoms with Crippen LogP contribution < -0.4 is 5.73 Å². The summed E-state index contributed by atoms with van der Waals surface area (Å²) in [6, 6.07) is 5.02. The minimum absolute atomic E-state index is 0.0604. The first-order valence-electron chi connectivity index (χ1n) is 4.51. The molecule has 0 aliphatic heterocycles. The Labute approximate surface area is 82.9 Å². The Balaban J connectivity index is 3.15. The molecule has 0 fully saturated rings. The van der Waals surface area contributed by atoms with Crippen molar-refractivity contribution in [3.05, 3.63) is 39.4 Å². The summed E-state index contributed by atoms with van der Waals surface area (Å²) in [6.45, 7) is 3.71. The standard InChI is InChI=1S/C10H14N2O2/c1-7-4-3-5-10(12(13)14)9(7)6-8(2)11/h3-5,8H,6,11H2,1-2H3/t8-/m1/s1. The molecule has 0 aromatic heterocycles. The highest BCUT2D eigenvalue weighted by Gasteiger charge is 2.15. The van der Waals surface area contributed by atoms with Crippen LogP contribution in [0.2, 0.25) is 0 Å². The molecule has 2 N–H and O–H groups in total. The molecule has 0 aliphatic carbocycles. The molecule has 0 spiro atoms. The zero-order chi connectivity index (χ0) is 10.7. The molecule has 76 valence electrons. The minimum Gasteiger partial charge on any atom is -0.328 e. The normalized spacial score (nSPS) is 12.5. The summed E-state index contributed by atoms with van der Waals surface area (Å²) in [4.78, 5) is 10.4. The lowest BCUT2D eigenvalue weighted by atomic mass is 10.0. The molecular formula is C10H14N2O2. The summed E-state index contributed by atoms with van der Waals surface area (Å²) in [5.41, 5.74) is 7.48. The molecule has 0 heterocycles. The van der Waals surface area contributed by atoms with Gasteiger partial charge in [0.2, 0.25) is 0 Å². The van der Waals surface area contributed by atoms with Crippen molar-refractivity contribution in [3.8, 4) is 0 Å². The van der Waals surface area contributed by atoms with Gasteiger partial charge in [0, 0.05) is 17.7 Å². The van der Waals surface area contributed by atoms with Crippen LogP contribution >= 0.6 is 0 Å². The summed E-state index contributed by atoms with van der Waals surface area (Å²) in [6.07, 6.45) is 0.545. The molecule has 0 bridgehead atoms. The van der Waals surface area contributed by atoms with Crippen molar-refractivity contribution in [1.82, 2.24) is 0 Å². The van der Waals surface area contributed by atoms with Gasteiger partial charge < -0.3 is 5.73 Å². The van der Waals surface area contributed by atoms with E-state index in [-0.39, 0.29) is 16.7 Å². The number of nitro groups is 1. The lowest BCUT2D eigenvalue weighted by Crippen LogP contribution is -2.19. The number of hydrogen-bond donors (Lipinski definition) is 1. The quantitative estimate of drug-likeness (QED) is 0.589. The van der Waals surface area contributed by atoms with E-state index in [1.165, 1.54) is 6.07 Å². The molecule has 0 saturated heterocycles. The Kier molecular flexibility index (Phi) is 3.19. The molecule has 4 heteroatoms. The van der Waals surface area contributed by atoms with Crippen LogP contribution in [0.5, 0.6) is 0 Å². The van der Waals surface area contributed by atoms with Crippen molar-refractivity contribution >= 4 is 5.69 Å². The van der Waals surface area contributed by atoms with E-state index in [1.54, 1.807) is 6.07 Å². The molecule has 0 amide bonds. The SMILES string of the molecule is Cc1cccc([N+](=O)[O-])c1C[C@@H](C)N.